The Kier molecular flexibility index (Phi) is 7.91. The van der Waals surface area contributed by atoms with Crippen LogP contribution in [0.15, 0.2) is 42.5 Å². The Morgan fingerprint density at radius 2 is 1.82 bits per heavy atom. The second-order valence-corrected chi connectivity index (χ2v) is 12.2. The Hall–Kier alpha value is -3.76. The number of benzene rings is 2. The molecule has 5 rings (SSSR count). The first-order valence-corrected chi connectivity index (χ1v) is 14.1. The molecule has 0 saturated carbocycles. The van der Waals surface area contributed by atoms with Crippen LogP contribution in [0.2, 0.25) is 0 Å². The van der Waals surface area contributed by atoms with Crippen molar-refractivity contribution in [2.24, 2.45) is 0 Å². The monoisotopic (exact) mass is 565 g/mol. The van der Waals surface area contributed by atoms with Crippen LogP contribution in [0.25, 0.3) is 0 Å². The SMILES string of the molecule is COc1ccc(CN2Cc3sc(N)c(C(=O)OC(C)(C)C)c3CC2CNC(=O)Cc2ccc3c(c2)OCO3)cc1. The van der Waals surface area contributed by atoms with E-state index in [1.54, 1.807) is 7.11 Å². The number of nitrogen functional groups attached to an aromatic ring is 1. The van der Waals surface area contributed by atoms with Crippen LogP contribution in [0.3, 0.4) is 0 Å². The van der Waals surface area contributed by atoms with Crippen molar-refractivity contribution in [2.75, 3.05) is 26.2 Å². The number of hydrogen-bond donors (Lipinski definition) is 2. The molecule has 0 radical (unpaired) electrons. The number of amides is 1. The molecule has 10 heteroatoms. The number of carbonyl (C=O) groups is 2. The molecule has 3 N–H and O–H groups in total. The minimum Gasteiger partial charge on any atom is -0.497 e. The first-order chi connectivity index (χ1) is 19.1. The zero-order chi connectivity index (χ0) is 28.4. The highest BCUT2D eigenvalue weighted by molar-refractivity contribution is 7.16. The number of rotatable bonds is 8. The molecule has 3 heterocycles. The van der Waals surface area contributed by atoms with Gasteiger partial charge in [-0.2, -0.15) is 0 Å². The molecule has 1 aromatic heterocycles. The lowest BCUT2D eigenvalue weighted by atomic mass is 9.95. The summed E-state index contributed by atoms with van der Waals surface area (Å²) in [7, 11) is 1.65. The number of fused-ring (bicyclic) bond motifs is 2. The van der Waals surface area contributed by atoms with Crippen molar-refractivity contribution in [1.82, 2.24) is 10.2 Å². The van der Waals surface area contributed by atoms with E-state index in [0.29, 0.717) is 48.1 Å². The van der Waals surface area contributed by atoms with Crippen molar-refractivity contribution >= 4 is 28.2 Å². The summed E-state index contributed by atoms with van der Waals surface area (Å²) in [6.45, 7) is 7.42. The summed E-state index contributed by atoms with van der Waals surface area (Å²) in [6.07, 6.45) is 0.791. The van der Waals surface area contributed by atoms with Crippen molar-refractivity contribution in [2.45, 2.75) is 58.3 Å². The normalized spacial score (nSPS) is 16.4. The van der Waals surface area contributed by atoms with Gasteiger partial charge in [0.2, 0.25) is 12.7 Å². The summed E-state index contributed by atoms with van der Waals surface area (Å²) in [5.41, 5.74) is 9.07. The van der Waals surface area contributed by atoms with Crippen LogP contribution in [-0.2, 0) is 35.5 Å². The van der Waals surface area contributed by atoms with E-state index < -0.39 is 11.6 Å². The summed E-state index contributed by atoms with van der Waals surface area (Å²) in [5, 5.41) is 3.58. The van der Waals surface area contributed by atoms with E-state index in [0.717, 1.165) is 27.3 Å². The lowest BCUT2D eigenvalue weighted by Crippen LogP contribution is -2.47. The van der Waals surface area contributed by atoms with Gasteiger partial charge in [0.1, 0.15) is 16.4 Å². The van der Waals surface area contributed by atoms with Gasteiger partial charge in [-0.15, -0.1) is 11.3 Å². The van der Waals surface area contributed by atoms with E-state index in [2.05, 4.69) is 10.2 Å². The van der Waals surface area contributed by atoms with Crippen LogP contribution >= 0.6 is 11.3 Å². The summed E-state index contributed by atoms with van der Waals surface area (Å²) in [4.78, 5) is 29.4. The molecule has 2 aromatic carbocycles. The maximum Gasteiger partial charge on any atom is 0.341 e. The van der Waals surface area contributed by atoms with Gasteiger partial charge in [0, 0.05) is 30.6 Å². The van der Waals surface area contributed by atoms with Gasteiger partial charge >= 0.3 is 5.97 Å². The molecule has 0 fully saturated rings. The van der Waals surface area contributed by atoms with Gasteiger partial charge in [-0.1, -0.05) is 18.2 Å². The van der Waals surface area contributed by atoms with Gasteiger partial charge in [-0.25, -0.2) is 4.79 Å². The zero-order valence-corrected chi connectivity index (χ0v) is 24.1. The fourth-order valence-corrected chi connectivity index (χ4v) is 6.10. The molecule has 0 saturated heterocycles. The minimum absolute atomic E-state index is 0.0505. The van der Waals surface area contributed by atoms with Gasteiger partial charge < -0.3 is 30.0 Å². The largest absolute Gasteiger partial charge is 0.497 e. The van der Waals surface area contributed by atoms with Crippen LogP contribution in [0.4, 0.5) is 5.00 Å². The molecular formula is C30H35N3O6S. The molecule has 2 aliphatic rings. The summed E-state index contributed by atoms with van der Waals surface area (Å²) in [5.74, 6) is 1.64. The highest BCUT2D eigenvalue weighted by Crippen LogP contribution is 2.38. The summed E-state index contributed by atoms with van der Waals surface area (Å²) < 4.78 is 21.8. The Morgan fingerprint density at radius 3 is 2.55 bits per heavy atom. The molecule has 212 valence electrons. The van der Waals surface area contributed by atoms with E-state index in [4.69, 9.17) is 24.7 Å². The molecule has 9 nitrogen and oxygen atoms in total. The molecule has 1 atom stereocenters. The maximum atomic E-state index is 13.1. The predicted octanol–water partition coefficient (Wildman–Crippen LogP) is 4.31. The number of hydrogen-bond acceptors (Lipinski definition) is 9. The number of carbonyl (C=O) groups excluding carboxylic acids is 2. The third kappa shape index (κ3) is 6.34. The van der Waals surface area contributed by atoms with Gasteiger partial charge in [0.25, 0.3) is 0 Å². The molecule has 40 heavy (non-hydrogen) atoms. The molecule has 1 unspecified atom stereocenters. The van der Waals surface area contributed by atoms with Crippen molar-refractivity contribution in [1.29, 1.82) is 0 Å². The number of thiophene rings is 1. The molecule has 1 amide bonds. The van der Waals surface area contributed by atoms with Gasteiger partial charge in [0.15, 0.2) is 11.5 Å². The van der Waals surface area contributed by atoms with Gasteiger partial charge in [-0.3, -0.25) is 9.69 Å². The number of esters is 1. The number of nitrogens with one attached hydrogen (secondary N) is 1. The number of nitrogens with two attached hydrogens (primary N) is 1. The summed E-state index contributed by atoms with van der Waals surface area (Å²) in [6, 6.07) is 13.4. The Labute approximate surface area is 238 Å². The first kappa shape index (κ1) is 27.8. The number of nitrogens with zero attached hydrogens (tertiary/aromatic N) is 1. The second kappa shape index (κ2) is 11.4. The zero-order valence-electron chi connectivity index (χ0n) is 23.2. The average Bonchev–Trinajstić information content (AvgIpc) is 3.49. The lowest BCUT2D eigenvalue weighted by Gasteiger charge is -2.36. The smallest absolute Gasteiger partial charge is 0.341 e. The van der Waals surface area contributed by atoms with E-state index in [1.807, 2.05) is 63.2 Å². The highest BCUT2D eigenvalue weighted by Gasteiger charge is 2.34. The Balaban J connectivity index is 1.34. The lowest BCUT2D eigenvalue weighted by molar-refractivity contribution is -0.120. The van der Waals surface area contributed by atoms with Crippen molar-refractivity contribution in [3.8, 4) is 17.2 Å². The number of methoxy groups -OCH3 is 1. The molecule has 0 spiro atoms. The van der Waals surface area contributed by atoms with Gasteiger partial charge in [0.05, 0.1) is 19.1 Å². The standard InChI is InChI=1S/C30H35N3O6S/c1-30(2,3)39-29(35)27-22-13-20(14-32-26(34)12-19-7-10-23-24(11-19)38-17-37-23)33(16-25(22)40-28(27)31)15-18-5-8-21(36-4)9-6-18/h5-11,20H,12-17,31H2,1-4H3,(H,32,34). The first-order valence-electron chi connectivity index (χ1n) is 13.2. The Bertz CT molecular complexity index is 1400. The topological polar surface area (TPSA) is 112 Å². The fraction of sp³-hybridized carbons (Fsp3) is 0.400. The van der Waals surface area contributed by atoms with E-state index in [9.17, 15) is 9.59 Å². The van der Waals surface area contributed by atoms with E-state index >= 15 is 0 Å². The summed E-state index contributed by atoms with van der Waals surface area (Å²) >= 11 is 1.44. The van der Waals surface area contributed by atoms with Gasteiger partial charge in [-0.05, 0) is 68.1 Å². The van der Waals surface area contributed by atoms with Crippen LogP contribution in [-0.4, -0.2) is 48.9 Å². The van der Waals surface area contributed by atoms with E-state index in [1.165, 1.54) is 11.3 Å². The van der Waals surface area contributed by atoms with Crippen LogP contribution < -0.4 is 25.3 Å². The van der Waals surface area contributed by atoms with Crippen LogP contribution in [0.5, 0.6) is 17.2 Å². The molecule has 0 bridgehead atoms. The fourth-order valence-electron chi connectivity index (χ4n) is 4.99. The average molecular weight is 566 g/mol. The van der Waals surface area contributed by atoms with Crippen LogP contribution in [0, 0.1) is 0 Å². The number of anilines is 1. The van der Waals surface area contributed by atoms with E-state index in [-0.39, 0.29) is 25.2 Å². The number of ether oxygens (including phenoxy) is 4. The Morgan fingerprint density at radius 1 is 1.10 bits per heavy atom. The molecule has 2 aliphatic heterocycles. The maximum absolute atomic E-state index is 13.1. The third-order valence-electron chi connectivity index (χ3n) is 6.91. The van der Waals surface area contributed by atoms with Crippen LogP contribution in [0.1, 0.15) is 52.7 Å². The van der Waals surface area contributed by atoms with Crippen molar-refractivity contribution in [3.63, 3.8) is 0 Å². The molecule has 3 aromatic rings. The second-order valence-electron chi connectivity index (χ2n) is 11.0. The van der Waals surface area contributed by atoms with Crippen molar-refractivity contribution < 1.29 is 28.5 Å². The van der Waals surface area contributed by atoms with Crippen molar-refractivity contribution in [3.05, 3.63) is 69.6 Å². The quantitative estimate of drug-likeness (QED) is 0.389. The molecular weight excluding hydrogens is 530 g/mol. The minimum atomic E-state index is -0.629. The molecule has 0 aliphatic carbocycles. The highest BCUT2D eigenvalue weighted by atomic mass is 32.1. The third-order valence-corrected chi connectivity index (χ3v) is 7.95. The predicted molar refractivity (Wildman–Crippen MR) is 153 cm³/mol.